The fraction of sp³-hybridized carbons (Fsp3) is 0.667. The van der Waals surface area contributed by atoms with E-state index in [-0.39, 0.29) is 43.6 Å². The lowest BCUT2D eigenvalue weighted by atomic mass is 10.2. The molecule has 19 heavy (non-hydrogen) atoms. The van der Waals surface area contributed by atoms with E-state index in [2.05, 4.69) is 0 Å². The lowest BCUT2D eigenvalue weighted by Crippen LogP contribution is -2.07. The zero-order valence-corrected chi connectivity index (χ0v) is 11.0. The standard InChI is InChI=1S/C6H10O4.BH3O3.5H3N/c7-5(8)3-1-2-4-6(9)10;2-1(3)4;;;;;/h1-4H2,(H,7,8)(H,9,10);2-4H;5*1H3. The first-order chi connectivity index (χ1) is 6.36. The Hall–Kier alpha value is -1.32. The fourth-order valence-corrected chi connectivity index (χ4v) is 0.552. The summed E-state index contributed by atoms with van der Waals surface area (Å²) in [5.74, 6) is -1.74. The third kappa shape index (κ3) is 111. The second kappa shape index (κ2) is 30.1. The maximum Gasteiger partial charge on any atom is 0.631 e. The van der Waals surface area contributed by atoms with Crippen molar-refractivity contribution in [3.05, 3.63) is 0 Å². The summed E-state index contributed by atoms with van der Waals surface area (Å²) >= 11 is 0. The number of carboxylic acid groups (broad SMARTS) is 2. The van der Waals surface area contributed by atoms with Gasteiger partial charge in [0.25, 0.3) is 0 Å². The van der Waals surface area contributed by atoms with Gasteiger partial charge in [-0.05, 0) is 12.8 Å². The molecule has 0 bridgehead atoms. The van der Waals surface area contributed by atoms with Gasteiger partial charge in [0.05, 0.1) is 0 Å². The molecule has 12 nitrogen and oxygen atoms in total. The summed E-state index contributed by atoms with van der Waals surface area (Å²) in [6.45, 7) is 0. The van der Waals surface area contributed by atoms with Gasteiger partial charge in [-0.2, -0.15) is 0 Å². The van der Waals surface area contributed by atoms with Gasteiger partial charge in [-0.1, -0.05) is 0 Å². The summed E-state index contributed by atoms with van der Waals surface area (Å²) in [5.41, 5.74) is 0. The van der Waals surface area contributed by atoms with Crippen molar-refractivity contribution in [2.75, 3.05) is 0 Å². The lowest BCUT2D eigenvalue weighted by Gasteiger charge is -1.92. The molecule has 0 aliphatic rings. The SMILES string of the molecule is N.N.N.N.N.O=C(O)CCCCC(=O)O.OB(O)O. The van der Waals surface area contributed by atoms with E-state index in [9.17, 15) is 9.59 Å². The molecule has 0 amide bonds. The van der Waals surface area contributed by atoms with Gasteiger partial charge in [0.15, 0.2) is 0 Å². The van der Waals surface area contributed by atoms with Crippen molar-refractivity contribution in [3.63, 3.8) is 0 Å². The molecule has 0 radical (unpaired) electrons. The van der Waals surface area contributed by atoms with Crippen molar-refractivity contribution < 1.29 is 34.9 Å². The molecule has 0 unspecified atom stereocenters. The van der Waals surface area contributed by atoms with Crippen molar-refractivity contribution >= 4 is 19.3 Å². The van der Waals surface area contributed by atoms with Crippen molar-refractivity contribution in [1.29, 1.82) is 0 Å². The Morgan fingerprint density at radius 3 is 0.947 bits per heavy atom. The normalized spacial score (nSPS) is 6.26. The van der Waals surface area contributed by atoms with Crippen LogP contribution in [-0.4, -0.2) is 44.5 Å². The van der Waals surface area contributed by atoms with E-state index in [1.165, 1.54) is 0 Å². The minimum absolute atomic E-state index is 0. The van der Waals surface area contributed by atoms with Crippen LogP contribution in [0.25, 0.3) is 0 Å². The smallest absolute Gasteiger partial charge is 0.481 e. The monoisotopic (exact) mass is 293 g/mol. The Bertz CT molecular complexity index is 167. The number of carbonyl (C=O) groups is 2. The highest BCUT2D eigenvalue weighted by Gasteiger charge is 1.99. The van der Waals surface area contributed by atoms with E-state index in [4.69, 9.17) is 25.3 Å². The van der Waals surface area contributed by atoms with Crippen LogP contribution in [0.2, 0.25) is 0 Å². The first kappa shape index (κ1) is 43.1. The van der Waals surface area contributed by atoms with Crippen LogP contribution < -0.4 is 30.8 Å². The number of unbranched alkanes of at least 4 members (excludes halogenated alkanes) is 1. The average molecular weight is 293 g/mol. The molecule has 0 aliphatic carbocycles. The highest BCUT2D eigenvalue weighted by Crippen LogP contribution is 1.98. The molecular weight excluding hydrogens is 265 g/mol. The molecule has 0 saturated carbocycles. The minimum Gasteiger partial charge on any atom is -0.481 e. The molecule has 0 heterocycles. The van der Waals surface area contributed by atoms with Crippen molar-refractivity contribution in [2.45, 2.75) is 25.7 Å². The molecule has 0 aliphatic heterocycles. The fourth-order valence-electron chi connectivity index (χ4n) is 0.552. The Morgan fingerprint density at radius 2 is 0.842 bits per heavy atom. The Kier molecular flexibility index (Phi) is 68.2. The summed E-state index contributed by atoms with van der Waals surface area (Å²) in [7, 11) is -2.17. The van der Waals surface area contributed by atoms with E-state index in [0.717, 1.165) is 0 Å². The van der Waals surface area contributed by atoms with Gasteiger partial charge < -0.3 is 56.0 Å². The lowest BCUT2D eigenvalue weighted by molar-refractivity contribution is -0.139. The van der Waals surface area contributed by atoms with E-state index < -0.39 is 19.3 Å². The topological polar surface area (TPSA) is 310 Å². The van der Waals surface area contributed by atoms with E-state index >= 15 is 0 Å². The second-order valence-corrected chi connectivity index (χ2v) is 2.34. The van der Waals surface area contributed by atoms with E-state index in [1.54, 1.807) is 0 Å². The number of hydrogen-bond donors (Lipinski definition) is 10. The molecule has 0 aromatic heterocycles. The van der Waals surface area contributed by atoms with Crippen LogP contribution >= 0.6 is 0 Å². The molecule has 0 rings (SSSR count). The van der Waals surface area contributed by atoms with Crippen LogP contribution in [0, 0.1) is 0 Å². The molecule has 0 aromatic carbocycles. The summed E-state index contributed by atoms with van der Waals surface area (Å²) in [6.07, 6.45) is 1.02. The van der Waals surface area contributed by atoms with Crippen LogP contribution in [0.1, 0.15) is 25.7 Å². The van der Waals surface area contributed by atoms with Crippen molar-refractivity contribution in [2.24, 2.45) is 0 Å². The predicted octanol–water partition coefficient (Wildman–Crippen LogP) is -0.526. The van der Waals surface area contributed by atoms with Crippen LogP contribution in [0.4, 0.5) is 0 Å². The van der Waals surface area contributed by atoms with Gasteiger partial charge in [0.1, 0.15) is 0 Å². The summed E-state index contributed by atoms with van der Waals surface area (Å²) < 4.78 is 0. The number of rotatable bonds is 5. The summed E-state index contributed by atoms with van der Waals surface area (Å²) in [4.78, 5) is 19.8. The molecule has 122 valence electrons. The van der Waals surface area contributed by atoms with Gasteiger partial charge in [-0.3, -0.25) is 9.59 Å². The van der Waals surface area contributed by atoms with Crippen LogP contribution in [0.15, 0.2) is 0 Å². The molecule has 0 aromatic rings. The first-order valence-electron chi connectivity index (χ1n) is 3.84. The Labute approximate surface area is 111 Å². The van der Waals surface area contributed by atoms with E-state index in [1.807, 2.05) is 0 Å². The maximum atomic E-state index is 9.90. The Balaban J connectivity index is -0.0000000288. The third-order valence-corrected chi connectivity index (χ3v) is 1.03. The highest BCUT2D eigenvalue weighted by molar-refractivity contribution is 6.30. The van der Waals surface area contributed by atoms with Crippen LogP contribution in [0.5, 0.6) is 0 Å². The minimum atomic E-state index is -2.17. The van der Waals surface area contributed by atoms with Crippen molar-refractivity contribution in [1.82, 2.24) is 30.8 Å². The Morgan fingerprint density at radius 1 is 0.684 bits per heavy atom. The average Bonchev–Trinajstić information content (AvgIpc) is 1.96. The zero-order valence-electron chi connectivity index (χ0n) is 11.0. The molecule has 0 spiro atoms. The summed E-state index contributed by atoms with van der Waals surface area (Å²) in [5, 5.41) is 37.8. The van der Waals surface area contributed by atoms with Gasteiger partial charge in [-0.25, -0.2) is 0 Å². The second-order valence-electron chi connectivity index (χ2n) is 2.34. The molecular formula is C6H28BN5O7. The first-order valence-corrected chi connectivity index (χ1v) is 3.84. The zero-order chi connectivity index (χ0) is 11.6. The van der Waals surface area contributed by atoms with Crippen LogP contribution in [-0.2, 0) is 9.59 Å². The van der Waals surface area contributed by atoms with Crippen LogP contribution in [0.3, 0.4) is 0 Å². The molecule has 0 fully saturated rings. The largest absolute Gasteiger partial charge is 0.631 e. The number of carboxylic acids is 2. The number of aliphatic carboxylic acids is 2. The molecule has 0 atom stereocenters. The predicted molar refractivity (Wildman–Crippen MR) is 71.3 cm³/mol. The number of hydrogen-bond acceptors (Lipinski definition) is 10. The molecule has 13 heteroatoms. The van der Waals surface area contributed by atoms with Gasteiger partial charge in [0.2, 0.25) is 0 Å². The highest BCUT2D eigenvalue weighted by atomic mass is 16.5. The third-order valence-electron chi connectivity index (χ3n) is 1.03. The van der Waals surface area contributed by atoms with Gasteiger partial charge in [-0.15, -0.1) is 0 Å². The quantitative estimate of drug-likeness (QED) is 0.226. The maximum absolute atomic E-state index is 9.90. The van der Waals surface area contributed by atoms with Crippen molar-refractivity contribution in [3.8, 4) is 0 Å². The van der Waals surface area contributed by atoms with E-state index in [0.29, 0.717) is 12.8 Å². The molecule has 20 N–H and O–H groups in total. The molecule has 0 saturated heterocycles. The van der Waals surface area contributed by atoms with Gasteiger partial charge in [0, 0.05) is 12.8 Å². The van der Waals surface area contributed by atoms with Gasteiger partial charge >= 0.3 is 19.3 Å². The summed E-state index contributed by atoms with van der Waals surface area (Å²) in [6, 6.07) is 0.